The van der Waals surface area contributed by atoms with Crippen molar-refractivity contribution in [3.63, 3.8) is 0 Å². The lowest BCUT2D eigenvalue weighted by Gasteiger charge is -2.10. The monoisotopic (exact) mass is 449 g/mol. The van der Waals surface area contributed by atoms with Crippen LogP contribution in [0, 0.1) is 0 Å². The zero-order chi connectivity index (χ0) is 22.2. The standard InChI is InChI=1S/C32H19NS/c1-2-8-21(9-3-1)33-26-12-6-4-10-24(26)31-23-16-14-20-15-19-29-32(25-11-5-7-13-28(25)34-29)30(20)22(23)17-18-27(31)33/h1-19H. The molecule has 0 radical (unpaired) electrons. The average molecular weight is 450 g/mol. The molecule has 2 heterocycles. The molecule has 0 aliphatic heterocycles. The van der Waals surface area contributed by atoms with Crippen molar-refractivity contribution in [3.8, 4) is 5.69 Å². The Morgan fingerprint density at radius 3 is 2.03 bits per heavy atom. The molecule has 0 saturated carbocycles. The number of hydrogen-bond donors (Lipinski definition) is 0. The first-order valence-electron chi connectivity index (χ1n) is 11.6. The van der Waals surface area contributed by atoms with Crippen LogP contribution in [0.25, 0.3) is 69.2 Å². The number of hydrogen-bond acceptors (Lipinski definition) is 1. The summed E-state index contributed by atoms with van der Waals surface area (Å²) in [6.45, 7) is 0. The molecule has 0 atom stereocenters. The maximum atomic E-state index is 2.40. The molecule has 1 nitrogen and oxygen atoms in total. The normalized spacial score (nSPS) is 12.1. The quantitative estimate of drug-likeness (QED) is 0.220. The SMILES string of the molecule is c1ccc(-n2c3ccccc3c3c4ccc5ccc6sc7ccccc7c6c5c4ccc32)cc1. The smallest absolute Gasteiger partial charge is 0.0547 e. The third kappa shape index (κ3) is 2.33. The van der Waals surface area contributed by atoms with E-state index in [1.165, 1.54) is 69.2 Å². The van der Waals surface area contributed by atoms with Crippen molar-refractivity contribution in [2.75, 3.05) is 0 Å². The number of nitrogens with zero attached hydrogens (tertiary/aromatic N) is 1. The second-order valence-electron chi connectivity index (χ2n) is 8.94. The highest BCUT2D eigenvalue weighted by atomic mass is 32.1. The largest absolute Gasteiger partial charge is 0.309 e. The Kier molecular flexibility index (Phi) is 3.60. The van der Waals surface area contributed by atoms with E-state index in [9.17, 15) is 0 Å². The molecule has 8 rings (SSSR count). The molecule has 0 spiro atoms. The molecular weight excluding hydrogens is 430 g/mol. The Morgan fingerprint density at radius 1 is 0.412 bits per heavy atom. The summed E-state index contributed by atoms with van der Waals surface area (Å²) < 4.78 is 5.10. The molecular formula is C32H19NS. The summed E-state index contributed by atoms with van der Waals surface area (Å²) in [7, 11) is 0. The zero-order valence-electron chi connectivity index (χ0n) is 18.3. The molecule has 8 aromatic rings. The van der Waals surface area contributed by atoms with Crippen molar-refractivity contribution in [1.29, 1.82) is 0 Å². The number of para-hydroxylation sites is 2. The van der Waals surface area contributed by atoms with E-state index in [1.807, 2.05) is 11.3 Å². The van der Waals surface area contributed by atoms with Gasteiger partial charge in [-0.2, -0.15) is 0 Å². The van der Waals surface area contributed by atoms with Gasteiger partial charge in [0.1, 0.15) is 0 Å². The first kappa shape index (κ1) is 18.3. The Labute approximate surface area is 200 Å². The van der Waals surface area contributed by atoms with Crippen LogP contribution in [-0.2, 0) is 0 Å². The fraction of sp³-hybridized carbons (Fsp3) is 0. The minimum absolute atomic E-state index is 1.19. The summed E-state index contributed by atoms with van der Waals surface area (Å²) in [6, 6.07) is 42.1. The molecule has 0 saturated heterocycles. The van der Waals surface area contributed by atoms with E-state index in [1.54, 1.807) is 0 Å². The first-order chi connectivity index (χ1) is 16.9. The summed E-state index contributed by atoms with van der Waals surface area (Å²) >= 11 is 1.89. The Bertz CT molecular complexity index is 2060. The van der Waals surface area contributed by atoms with Crippen LogP contribution in [0.15, 0.2) is 115 Å². The van der Waals surface area contributed by atoms with Gasteiger partial charge in [0.25, 0.3) is 0 Å². The Morgan fingerprint density at radius 2 is 1.12 bits per heavy atom. The zero-order valence-corrected chi connectivity index (χ0v) is 19.1. The van der Waals surface area contributed by atoms with Crippen LogP contribution in [0.5, 0.6) is 0 Å². The minimum Gasteiger partial charge on any atom is -0.309 e. The van der Waals surface area contributed by atoms with Gasteiger partial charge in [-0.15, -0.1) is 11.3 Å². The van der Waals surface area contributed by atoms with Crippen molar-refractivity contribution >= 4 is 74.9 Å². The molecule has 0 bridgehead atoms. The summed E-state index contributed by atoms with van der Waals surface area (Å²) in [5, 5.41) is 10.7. The van der Waals surface area contributed by atoms with Gasteiger partial charge in [0, 0.05) is 36.6 Å². The van der Waals surface area contributed by atoms with Crippen LogP contribution in [0.3, 0.4) is 0 Å². The molecule has 34 heavy (non-hydrogen) atoms. The number of benzene rings is 6. The Balaban J connectivity index is 1.62. The molecule has 158 valence electrons. The van der Waals surface area contributed by atoms with Crippen LogP contribution in [0.4, 0.5) is 0 Å². The van der Waals surface area contributed by atoms with E-state index in [0.29, 0.717) is 0 Å². The van der Waals surface area contributed by atoms with Crippen LogP contribution in [0.1, 0.15) is 0 Å². The second kappa shape index (κ2) is 6.69. The van der Waals surface area contributed by atoms with Gasteiger partial charge in [0.2, 0.25) is 0 Å². The van der Waals surface area contributed by atoms with Crippen molar-refractivity contribution in [2.45, 2.75) is 0 Å². The van der Waals surface area contributed by atoms with E-state index in [2.05, 4.69) is 120 Å². The molecule has 2 heteroatoms. The molecule has 2 aromatic heterocycles. The first-order valence-corrected chi connectivity index (χ1v) is 12.4. The van der Waals surface area contributed by atoms with Gasteiger partial charge in [-0.05, 0) is 57.9 Å². The van der Waals surface area contributed by atoms with E-state index < -0.39 is 0 Å². The lowest BCUT2D eigenvalue weighted by Crippen LogP contribution is -1.92. The van der Waals surface area contributed by atoms with E-state index in [4.69, 9.17) is 0 Å². The predicted octanol–water partition coefficient (Wildman–Crippen LogP) is 9.46. The number of fused-ring (bicyclic) bond motifs is 11. The third-order valence-electron chi connectivity index (χ3n) is 7.17. The summed E-state index contributed by atoms with van der Waals surface area (Å²) in [5.41, 5.74) is 3.69. The lowest BCUT2D eigenvalue weighted by molar-refractivity contribution is 1.18. The van der Waals surface area contributed by atoms with E-state index in [-0.39, 0.29) is 0 Å². The second-order valence-corrected chi connectivity index (χ2v) is 10.0. The highest BCUT2D eigenvalue weighted by Crippen LogP contribution is 2.44. The van der Waals surface area contributed by atoms with Gasteiger partial charge < -0.3 is 4.57 Å². The molecule has 6 aromatic carbocycles. The molecule has 0 amide bonds. The third-order valence-corrected chi connectivity index (χ3v) is 8.30. The molecule has 0 aliphatic rings. The maximum Gasteiger partial charge on any atom is 0.0547 e. The highest BCUT2D eigenvalue weighted by molar-refractivity contribution is 7.26. The topological polar surface area (TPSA) is 4.93 Å². The predicted molar refractivity (Wildman–Crippen MR) is 149 cm³/mol. The molecule has 0 aliphatic carbocycles. The lowest BCUT2D eigenvalue weighted by atomic mass is 9.95. The van der Waals surface area contributed by atoms with Crippen LogP contribution >= 0.6 is 11.3 Å². The fourth-order valence-electron chi connectivity index (χ4n) is 5.77. The average Bonchev–Trinajstić information content (AvgIpc) is 3.44. The van der Waals surface area contributed by atoms with Gasteiger partial charge in [0.05, 0.1) is 11.0 Å². The molecule has 0 unspecified atom stereocenters. The van der Waals surface area contributed by atoms with E-state index >= 15 is 0 Å². The number of thiophene rings is 1. The van der Waals surface area contributed by atoms with Gasteiger partial charge in [-0.3, -0.25) is 0 Å². The number of rotatable bonds is 1. The van der Waals surface area contributed by atoms with Gasteiger partial charge >= 0.3 is 0 Å². The van der Waals surface area contributed by atoms with Crippen LogP contribution in [0.2, 0.25) is 0 Å². The molecule has 0 fully saturated rings. The van der Waals surface area contributed by atoms with Crippen LogP contribution < -0.4 is 0 Å². The molecule has 0 N–H and O–H groups in total. The minimum atomic E-state index is 1.19. The summed E-state index contributed by atoms with van der Waals surface area (Å²) in [6.07, 6.45) is 0. The van der Waals surface area contributed by atoms with Crippen molar-refractivity contribution < 1.29 is 0 Å². The van der Waals surface area contributed by atoms with Gasteiger partial charge in [-0.1, -0.05) is 78.9 Å². The highest BCUT2D eigenvalue weighted by Gasteiger charge is 2.17. The maximum absolute atomic E-state index is 2.40. The van der Waals surface area contributed by atoms with Gasteiger partial charge in [-0.25, -0.2) is 0 Å². The number of aromatic nitrogens is 1. The van der Waals surface area contributed by atoms with E-state index in [0.717, 1.165) is 0 Å². The summed E-state index contributed by atoms with van der Waals surface area (Å²) in [4.78, 5) is 0. The summed E-state index contributed by atoms with van der Waals surface area (Å²) in [5.74, 6) is 0. The van der Waals surface area contributed by atoms with Crippen molar-refractivity contribution in [3.05, 3.63) is 115 Å². The Hall–Kier alpha value is -4.14. The van der Waals surface area contributed by atoms with Gasteiger partial charge in [0.15, 0.2) is 0 Å². The van der Waals surface area contributed by atoms with Crippen molar-refractivity contribution in [1.82, 2.24) is 4.57 Å². The van der Waals surface area contributed by atoms with Crippen LogP contribution in [-0.4, -0.2) is 4.57 Å². The fourth-order valence-corrected chi connectivity index (χ4v) is 6.88. The van der Waals surface area contributed by atoms with Crippen molar-refractivity contribution in [2.24, 2.45) is 0 Å².